The van der Waals surface area contributed by atoms with Crippen LogP contribution in [0, 0.1) is 18.3 Å². The maximum absolute atomic E-state index is 13.6. The molecular weight excluding hydrogens is 433 g/mol. The molecule has 1 aliphatic heterocycles. The highest BCUT2D eigenvalue weighted by atomic mass is 35.5. The van der Waals surface area contributed by atoms with Gasteiger partial charge in [0.25, 0.3) is 5.56 Å². The van der Waals surface area contributed by atoms with Gasteiger partial charge in [-0.15, -0.1) is 0 Å². The minimum Gasteiger partial charge on any atom is -0.440 e. The smallest absolute Gasteiger partial charge is 0.258 e. The second-order valence-corrected chi connectivity index (χ2v) is 8.17. The zero-order valence-corrected chi connectivity index (χ0v) is 18.2. The Morgan fingerprint density at radius 1 is 1.13 bits per heavy atom. The highest BCUT2D eigenvalue weighted by Crippen LogP contribution is 2.41. The SMILES string of the molecule is Cc1cc2c(c(=O)n1CCc1ccccc1)C(c1ccc(Cl)c(Cl)c1)C(C#N)=C(N)O2. The first kappa shape index (κ1) is 21.0. The predicted molar refractivity (Wildman–Crippen MR) is 121 cm³/mol. The lowest BCUT2D eigenvalue weighted by Gasteiger charge is -2.27. The molecule has 5 nitrogen and oxygen atoms in total. The van der Waals surface area contributed by atoms with E-state index < -0.39 is 5.92 Å². The van der Waals surface area contributed by atoms with Crippen LogP contribution in [0.15, 0.2) is 70.8 Å². The van der Waals surface area contributed by atoms with Crippen LogP contribution in [0.25, 0.3) is 0 Å². The number of rotatable bonds is 4. The van der Waals surface area contributed by atoms with E-state index in [1.54, 1.807) is 28.8 Å². The Morgan fingerprint density at radius 3 is 2.55 bits per heavy atom. The molecule has 0 bridgehead atoms. The number of nitriles is 1. The Kier molecular flexibility index (Phi) is 5.77. The Bertz CT molecular complexity index is 1290. The van der Waals surface area contributed by atoms with Crippen LogP contribution in [0.2, 0.25) is 10.0 Å². The topological polar surface area (TPSA) is 81.0 Å². The van der Waals surface area contributed by atoms with E-state index in [2.05, 4.69) is 6.07 Å². The lowest BCUT2D eigenvalue weighted by molar-refractivity contribution is 0.388. The van der Waals surface area contributed by atoms with Gasteiger partial charge < -0.3 is 15.0 Å². The van der Waals surface area contributed by atoms with E-state index in [1.807, 2.05) is 37.3 Å². The third kappa shape index (κ3) is 3.93. The number of hydrogen-bond acceptors (Lipinski definition) is 4. The summed E-state index contributed by atoms with van der Waals surface area (Å²) in [6, 6.07) is 18.9. The maximum Gasteiger partial charge on any atom is 0.258 e. The van der Waals surface area contributed by atoms with E-state index in [-0.39, 0.29) is 17.0 Å². The first-order valence-corrected chi connectivity index (χ1v) is 10.5. The molecule has 0 spiro atoms. The van der Waals surface area contributed by atoms with Crippen molar-refractivity contribution in [2.24, 2.45) is 5.73 Å². The predicted octanol–water partition coefficient (Wildman–Crippen LogP) is 4.92. The number of benzene rings is 2. The number of ether oxygens (including phenoxy) is 1. The molecule has 2 aromatic carbocycles. The Morgan fingerprint density at radius 2 is 1.87 bits per heavy atom. The second-order valence-electron chi connectivity index (χ2n) is 7.35. The van der Waals surface area contributed by atoms with Crippen LogP contribution in [0.1, 0.15) is 28.3 Å². The van der Waals surface area contributed by atoms with Crippen LogP contribution in [0.3, 0.4) is 0 Å². The molecule has 2 heterocycles. The zero-order valence-electron chi connectivity index (χ0n) is 16.7. The number of allylic oxidation sites excluding steroid dienone is 1. The molecule has 1 atom stereocenters. The van der Waals surface area contributed by atoms with Crippen LogP contribution < -0.4 is 16.0 Å². The monoisotopic (exact) mass is 451 g/mol. The lowest BCUT2D eigenvalue weighted by atomic mass is 9.84. The molecule has 1 aliphatic rings. The Balaban J connectivity index is 1.85. The summed E-state index contributed by atoms with van der Waals surface area (Å²) in [7, 11) is 0. The fourth-order valence-electron chi connectivity index (χ4n) is 3.87. The molecular formula is C24H19Cl2N3O2. The number of fused-ring (bicyclic) bond motifs is 1. The van der Waals surface area contributed by atoms with Crippen molar-refractivity contribution in [3.63, 3.8) is 0 Å². The third-order valence-electron chi connectivity index (χ3n) is 5.43. The molecule has 0 aliphatic carbocycles. The van der Waals surface area contributed by atoms with Crippen LogP contribution in [0.4, 0.5) is 0 Å². The highest BCUT2D eigenvalue weighted by Gasteiger charge is 2.34. The van der Waals surface area contributed by atoms with Crippen LogP contribution in [-0.2, 0) is 13.0 Å². The zero-order chi connectivity index (χ0) is 22.1. The summed E-state index contributed by atoms with van der Waals surface area (Å²) in [5.41, 5.74) is 8.88. The van der Waals surface area contributed by atoms with Gasteiger partial charge in [-0.05, 0) is 36.6 Å². The normalized spacial score (nSPS) is 15.2. The summed E-state index contributed by atoms with van der Waals surface area (Å²) in [4.78, 5) is 13.6. The summed E-state index contributed by atoms with van der Waals surface area (Å²) in [6.07, 6.45) is 0.696. The molecule has 0 radical (unpaired) electrons. The van der Waals surface area contributed by atoms with Crippen LogP contribution >= 0.6 is 23.2 Å². The largest absolute Gasteiger partial charge is 0.440 e. The van der Waals surface area contributed by atoms with E-state index in [0.29, 0.717) is 39.9 Å². The number of nitrogens with zero attached hydrogens (tertiary/aromatic N) is 2. The van der Waals surface area contributed by atoms with Crippen LogP contribution in [0.5, 0.6) is 5.75 Å². The number of halogens is 2. The van der Waals surface area contributed by atoms with Gasteiger partial charge >= 0.3 is 0 Å². The molecule has 3 aromatic rings. The molecule has 2 N–H and O–H groups in total. The van der Waals surface area contributed by atoms with Gasteiger partial charge in [0.05, 0.1) is 21.5 Å². The minimum absolute atomic E-state index is 0.0214. The van der Waals surface area contributed by atoms with Gasteiger partial charge in [-0.1, -0.05) is 59.6 Å². The summed E-state index contributed by atoms with van der Waals surface area (Å²) in [6.45, 7) is 2.35. The van der Waals surface area contributed by atoms with Crippen molar-refractivity contribution in [3.05, 3.63) is 109 Å². The van der Waals surface area contributed by atoms with E-state index in [4.69, 9.17) is 33.7 Å². The number of aromatic nitrogens is 1. The van der Waals surface area contributed by atoms with Gasteiger partial charge in [0.2, 0.25) is 5.88 Å². The standard InChI is InChI=1S/C24H19Cl2N3O2/c1-14-11-20-22(24(30)29(14)10-9-15-5-3-2-4-6-15)21(17(13-27)23(28)31-20)16-7-8-18(25)19(26)12-16/h2-8,11-12,21H,9-10,28H2,1H3. The van der Waals surface area contributed by atoms with Crippen molar-refractivity contribution in [1.82, 2.24) is 4.57 Å². The third-order valence-corrected chi connectivity index (χ3v) is 6.17. The van der Waals surface area contributed by atoms with Gasteiger partial charge in [-0.2, -0.15) is 5.26 Å². The molecule has 156 valence electrons. The Hall–Kier alpha value is -3.20. The number of nitrogens with two attached hydrogens (primary N) is 1. The fraction of sp³-hybridized carbons (Fsp3) is 0.167. The highest BCUT2D eigenvalue weighted by molar-refractivity contribution is 6.42. The summed E-state index contributed by atoms with van der Waals surface area (Å²) >= 11 is 12.3. The Labute approximate surface area is 189 Å². The van der Waals surface area contributed by atoms with Crippen molar-refractivity contribution in [2.75, 3.05) is 0 Å². The molecule has 0 fully saturated rings. The van der Waals surface area contributed by atoms with Gasteiger partial charge in [0.1, 0.15) is 17.4 Å². The van der Waals surface area contributed by atoms with Gasteiger partial charge in [0, 0.05) is 18.3 Å². The van der Waals surface area contributed by atoms with Crippen molar-refractivity contribution < 1.29 is 4.74 Å². The van der Waals surface area contributed by atoms with Gasteiger partial charge in [0.15, 0.2) is 0 Å². The van der Waals surface area contributed by atoms with Crippen molar-refractivity contribution >= 4 is 23.2 Å². The number of hydrogen-bond donors (Lipinski definition) is 1. The molecule has 4 rings (SSSR count). The van der Waals surface area contributed by atoms with E-state index in [0.717, 1.165) is 11.3 Å². The summed E-state index contributed by atoms with van der Waals surface area (Å²) in [5.74, 6) is -0.363. The molecule has 0 amide bonds. The molecule has 0 saturated heterocycles. The van der Waals surface area contributed by atoms with Gasteiger partial charge in [-0.3, -0.25) is 4.79 Å². The average molecular weight is 452 g/mol. The molecule has 1 unspecified atom stereocenters. The summed E-state index contributed by atoms with van der Waals surface area (Å²) < 4.78 is 7.39. The number of aryl methyl sites for hydroxylation is 2. The van der Waals surface area contributed by atoms with E-state index in [9.17, 15) is 10.1 Å². The first-order valence-electron chi connectivity index (χ1n) is 9.71. The van der Waals surface area contributed by atoms with E-state index >= 15 is 0 Å². The molecule has 1 aromatic heterocycles. The molecule has 7 heteroatoms. The van der Waals surface area contributed by atoms with Crippen molar-refractivity contribution in [2.45, 2.75) is 25.8 Å². The quantitative estimate of drug-likeness (QED) is 0.609. The minimum atomic E-state index is -0.695. The van der Waals surface area contributed by atoms with Gasteiger partial charge in [-0.25, -0.2) is 0 Å². The molecule has 0 saturated carbocycles. The first-order chi connectivity index (χ1) is 14.9. The summed E-state index contributed by atoms with van der Waals surface area (Å²) in [5, 5.41) is 10.5. The lowest BCUT2D eigenvalue weighted by Crippen LogP contribution is -2.33. The fourth-order valence-corrected chi connectivity index (χ4v) is 4.18. The van der Waals surface area contributed by atoms with Crippen LogP contribution in [-0.4, -0.2) is 4.57 Å². The molecule has 31 heavy (non-hydrogen) atoms. The van der Waals surface area contributed by atoms with Crippen molar-refractivity contribution in [3.8, 4) is 11.8 Å². The average Bonchev–Trinajstić information content (AvgIpc) is 2.75. The maximum atomic E-state index is 13.6. The van der Waals surface area contributed by atoms with E-state index in [1.165, 1.54) is 0 Å². The van der Waals surface area contributed by atoms with Crippen molar-refractivity contribution in [1.29, 1.82) is 5.26 Å². The number of pyridine rings is 1. The second kappa shape index (κ2) is 8.50.